The van der Waals surface area contributed by atoms with Gasteiger partial charge in [-0.3, -0.25) is 4.57 Å². The van der Waals surface area contributed by atoms with Crippen LogP contribution in [-0.2, 0) is 11.3 Å². The van der Waals surface area contributed by atoms with E-state index >= 15 is 0 Å². The maximum atomic E-state index is 9.52. The Balaban J connectivity index is 1.62. The van der Waals surface area contributed by atoms with Crippen LogP contribution >= 0.6 is 11.8 Å². The van der Waals surface area contributed by atoms with Crippen molar-refractivity contribution in [3.8, 4) is 17.1 Å². The first kappa shape index (κ1) is 16.2. The Morgan fingerprint density at radius 2 is 2.08 bits per heavy atom. The first-order chi connectivity index (χ1) is 12.3. The molecule has 0 amide bonds. The Morgan fingerprint density at radius 3 is 2.80 bits per heavy atom. The van der Waals surface area contributed by atoms with Crippen molar-refractivity contribution in [3.63, 3.8) is 0 Å². The molecule has 6 nitrogen and oxygen atoms in total. The minimum Gasteiger partial charge on any atom is -0.508 e. The molecule has 1 aliphatic rings. The van der Waals surface area contributed by atoms with Crippen molar-refractivity contribution in [2.24, 2.45) is 0 Å². The van der Waals surface area contributed by atoms with Gasteiger partial charge in [-0.1, -0.05) is 11.8 Å². The van der Waals surface area contributed by atoms with Gasteiger partial charge in [0.15, 0.2) is 11.0 Å². The van der Waals surface area contributed by atoms with Crippen LogP contribution in [0, 0.1) is 0 Å². The summed E-state index contributed by atoms with van der Waals surface area (Å²) < 4.78 is 13.2. The van der Waals surface area contributed by atoms with Crippen molar-refractivity contribution in [2.45, 2.75) is 30.6 Å². The number of furan rings is 1. The fraction of sp³-hybridized carbons (Fsp3) is 0.333. The number of hydrogen-bond donors (Lipinski definition) is 1. The maximum absolute atomic E-state index is 9.52. The zero-order chi connectivity index (χ0) is 17.1. The van der Waals surface area contributed by atoms with E-state index in [0.29, 0.717) is 6.54 Å². The summed E-state index contributed by atoms with van der Waals surface area (Å²) in [6, 6.07) is 10.8. The van der Waals surface area contributed by atoms with Crippen LogP contribution in [0.3, 0.4) is 0 Å². The molecule has 0 aliphatic carbocycles. The van der Waals surface area contributed by atoms with Crippen molar-refractivity contribution in [1.29, 1.82) is 0 Å². The van der Waals surface area contributed by atoms with Crippen LogP contribution in [-0.4, -0.2) is 38.3 Å². The monoisotopic (exact) mass is 357 g/mol. The molecule has 1 aromatic carbocycles. The zero-order valence-electron chi connectivity index (χ0n) is 13.7. The first-order valence-corrected chi connectivity index (χ1v) is 9.27. The van der Waals surface area contributed by atoms with Gasteiger partial charge in [0, 0.05) is 17.9 Å². The molecular weight excluding hydrogens is 338 g/mol. The number of aromatic hydroxyl groups is 1. The number of rotatable bonds is 6. The van der Waals surface area contributed by atoms with Gasteiger partial charge >= 0.3 is 0 Å². The fourth-order valence-electron chi connectivity index (χ4n) is 2.86. The predicted molar refractivity (Wildman–Crippen MR) is 94.6 cm³/mol. The van der Waals surface area contributed by atoms with Crippen LogP contribution in [0.2, 0.25) is 0 Å². The summed E-state index contributed by atoms with van der Waals surface area (Å²) in [6.45, 7) is 1.41. The Bertz CT molecular complexity index is 809. The smallest absolute Gasteiger partial charge is 0.192 e. The SMILES string of the molecule is Oc1ccc(-c2nnc(SCC3CCCO3)n2Cc2ccco2)cc1. The molecule has 0 spiro atoms. The van der Waals surface area contributed by atoms with Gasteiger partial charge in [-0.15, -0.1) is 10.2 Å². The van der Waals surface area contributed by atoms with Gasteiger partial charge in [-0.2, -0.15) is 0 Å². The standard InChI is InChI=1S/C18H19N3O3S/c22-14-7-5-13(6-8-14)17-19-20-18(25-12-16-4-2-10-24-16)21(17)11-15-3-1-9-23-15/h1,3,5-9,16,22H,2,4,10-12H2. The van der Waals surface area contributed by atoms with Crippen LogP contribution in [0.25, 0.3) is 11.4 Å². The lowest BCUT2D eigenvalue weighted by Gasteiger charge is -2.11. The van der Waals surface area contributed by atoms with Gasteiger partial charge in [0.05, 0.1) is 18.9 Å². The van der Waals surface area contributed by atoms with Crippen molar-refractivity contribution in [1.82, 2.24) is 14.8 Å². The van der Waals surface area contributed by atoms with Crippen LogP contribution in [0.1, 0.15) is 18.6 Å². The number of thioether (sulfide) groups is 1. The normalized spacial score (nSPS) is 17.2. The van der Waals surface area contributed by atoms with E-state index < -0.39 is 0 Å². The highest BCUT2D eigenvalue weighted by Gasteiger charge is 2.20. The highest BCUT2D eigenvalue weighted by atomic mass is 32.2. The van der Waals surface area contributed by atoms with Gasteiger partial charge in [-0.05, 0) is 49.2 Å². The quantitative estimate of drug-likeness (QED) is 0.680. The highest BCUT2D eigenvalue weighted by Crippen LogP contribution is 2.28. The van der Waals surface area contributed by atoms with E-state index in [4.69, 9.17) is 9.15 Å². The molecule has 130 valence electrons. The highest BCUT2D eigenvalue weighted by molar-refractivity contribution is 7.99. The largest absolute Gasteiger partial charge is 0.508 e. The van der Waals surface area contributed by atoms with Crippen molar-refractivity contribution in [3.05, 3.63) is 48.4 Å². The van der Waals surface area contributed by atoms with Gasteiger partial charge in [-0.25, -0.2) is 0 Å². The van der Waals surface area contributed by atoms with E-state index in [1.165, 1.54) is 0 Å². The third kappa shape index (κ3) is 3.72. The first-order valence-electron chi connectivity index (χ1n) is 8.29. The van der Waals surface area contributed by atoms with E-state index in [2.05, 4.69) is 10.2 Å². The van der Waals surface area contributed by atoms with Gasteiger partial charge in [0.2, 0.25) is 0 Å². The van der Waals surface area contributed by atoms with Gasteiger partial charge < -0.3 is 14.3 Å². The van der Waals surface area contributed by atoms with Crippen LogP contribution in [0.5, 0.6) is 5.75 Å². The maximum Gasteiger partial charge on any atom is 0.192 e. The second-order valence-corrected chi connectivity index (χ2v) is 6.95. The third-order valence-corrected chi connectivity index (χ3v) is 5.26. The number of ether oxygens (including phenoxy) is 1. The molecule has 25 heavy (non-hydrogen) atoms. The Hall–Kier alpha value is -2.25. The molecular formula is C18H19N3O3S. The zero-order valence-corrected chi connectivity index (χ0v) is 14.5. The van der Waals surface area contributed by atoms with E-state index in [0.717, 1.165) is 47.5 Å². The number of phenolic OH excluding ortho intramolecular Hbond substituents is 1. The summed E-state index contributed by atoms with van der Waals surface area (Å²) in [7, 11) is 0. The average molecular weight is 357 g/mol. The second-order valence-electron chi connectivity index (χ2n) is 5.96. The topological polar surface area (TPSA) is 73.3 Å². The molecule has 1 aliphatic heterocycles. The van der Waals surface area contributed by atoms with Crippen molar-refractivity contribution < 1.29 is 14.3 Å². The number of hydrogen-bond acceptors (Lipinski definition) is 6. The Morgan fingerprint density at radius 1 is 1.20 bits per heavy atom. The van der Waals surface area contributed by atoms with E-state index in [-0.39, 0.29) is 11.9 Å². The minimum absolute atomic E-state index is 0.230. The summed E-state index contributed by atoms with van der Waals surface area (Å²) >= 11 is 1.66. The van der Waals surface area contributed by atoms with Crippen LogP contribution in [0.4, 0.5) is 0 Å². The molecule has 0 radical (unpaired) electrons. The number of benzene rings is 1. The molecule has 0 saturated carbocycles. The lowest BCUT2D eigenvalue weighted by Crippen LogP contribution is -2.10. The summed E-state index contributed by atoms with van der Waals surface area (Å²) in [5, 5.41) is 19.1. The minimum atomic E-state index is 0.230. The van der Waals surface area contributed by atoms with Crippen molar-refractivity contribution in [2.75, 3.05) is 12.4 Å². The van der Waals surface area contributed by atoms with Crippen LogP contribution in [0.15, 0.2) is 52.2 Å². The third-order valence-electron chi connectivity index (χ3n) is 4.16. The Labute approximate surface area is 149 Å². The molecule has 1 N–H and O–H groups in total. The number of nitrogens with zero attached hydrogens (tertiary/aromatic N) is 3. The second kappa shape index (κ2) is 7.33. The lowest BCUT2D eigenvalue weighted by molar-refractivity contribution is 0.129. The Kier molecular flexibility index (Phi) is 4.76. The summed E-state index contributed by atoms with van der Waals surface area (Å²) in [4.78, 5) is 0. The predicted octanol–water partition coefficient (Wildman–Crippen LogP) is 3.56. The molecule has 1 atom stereocenters. The molecule has 1 unspecified atom stereocenters. The van der Waals surface area contributed by atoms with E-state index in [1.807, 2.05) is 28.8 Å². The van der Waals surface area contributed by atoms with Gasteiger partial charge in [0.25, 0.3) is 0 Å². The van der Waals surface area contributed by atoms with E-state index in [1.54, 1.807) is 30.2 Å². The molecule has 0 bridgehead atoms. The molecule has 2 aromatic heterocycles. The summed E-state index contributed by atoms with van der Waals surface area (Å²) in [5.74, 6) is 2.70. The molecule has 3 aromatic rings. The van der Waals surface area contributed by atoms with Crippen LogP contribution < -0.4 is 0 Å². The fourth-order valence-corrected chi connectivity index (χ4v) is 3.87. The molecule has 1 fully saturated rings. The average Bonchev–Trinajstić information content (AvgIpc) is 3.37. The van der Waals surface area contributed by atoms with E-state index in [9.17, 15) is 5.11 Å². The molecule has 3 heterocycles. The lowest BCUT2D eigenvalue weighted by atomic mass is 10.2. The van der Waals surface area contributed by atoms with Gasteiger partial charge in [0.1, 0.15) is 11.5 Å². The summed E-state index contributed by atoms with van der Waals surface area (Å²) in [5.41, 5.74) is 0.904. The number of aromatic nitrogens is 3. The summed E-state index contributed by atoms with van der Waals surface area (Å²) in [6.07, 6.45) is 4.18. The number of phenols is 1. The molecule has 1 saturated heterocycles. The molecule has 4 rings (SSSR count). The van der Waals surface area contributed by atoms with Crippen molar-refractivity contribution >= 4 is 11.8 Å². The molecule has 7 heteroatoms.